The van der Waals surface area contributed by atoms with Crippen LogP contribution in [0.1, 0.15) is 42.2 Å². The van der Waals surface area contributed by atoms with Crippen molar-refractivity contribution in [3.63, 3.8) is 0 Å². The van der Waals surface area contributed by atoms with Crippen LogP contribution in [0, 0.1) is 0 Å². The van der Waals surface area contributed by atoms with Gasteiger partial charge >= 0.3 is 0 Å². The van der Waals surface area contributed by atoms with Crippen LogP contribution < -0.4 is 5.32 Å². The molecule has 212 valence electrons. The van der Waals surface area contributed by atoms with Crippen LogP contribution in [0.25, 0.3) is 11.3 Å². The Labute approximate surface area is 247 Å². The molecule has 1 saturated heterocycles. The molecule has 10 heteroatoms. The van der Waals surface area contributed by atoms with Crippen molar-refractivity contribution in [3.05, 3.63) is 72.7 Å². The predicted molar refractivity (Wildman–Crippen MR) is 161 cm³/mol. The molecule has 0 bridgehead atoms. The quantitative estimate of drug-likeness (QED) is 0.355. The highest BCUT2D eigenvalue weighted by Gasteiger charge is 2.42. The Morgan fingerprint density at radius 2 is 1.85 bits per heavy atom. The second kappa shape index (κ2) is 14.5. The van der Waals surface area contributed by atoms with Crippen LogP contribution >= 0.6 is 36.6 Å². The van der Waals surface area contributed by atoms with Crippen LogP contribution in [0.5, 0.6) is 0 Å². The summed E-state index contributed by atoms with van der Waals surface area (Å²) < 4.78 is 7.48. The number of nitrogens with one attached hydrogen (secondary N) is 1. The number of thioether (sulfide) groups is 1. The lowest BCUT2D eigenvalue weighted by Gasteiger charge is -2.41. The number of amides is 1. The molecule has 3 aromatic rings. The number of rotatable bonds is 8. The zero-order valence-corrected chi connectivity index (χ0v) is 24.6. The molecule has 1 aliphatic carbocycles. The number of halogens is 2. The van der Waals surface area contributed by atoms with Crippen molar-refractivity contribution in [2.24, 2.45) is 0 Å². The van der Waals surface area contributed by atoms with Crippen LogP contribution in [-0.4, -0.2) is 76.2 Å². The SMILES string of the molecule is COC[C@]1(O)CCCC[C@H]1n1cnc(C(=O)N2CCNC[C@H]2CSc2ccccc2)c1-c1ccccc1.Cl.Cl. The number of methoxy groups -OCH3 is 1. The molecule has 3 atom stereocenters. The Balaban J connectivity index is 0.00000210. The summed E-state index contributed by atoms with van der Waals surface area (Å²) in [7, 11) is 1.63. The molecule has 7 nitrogen and oxygen atoms in total. The van der Waals surface area contributed by atoms with E-state index in [1.807, 2.05) is 58.0 Å². The largest absolute Gasteiger partial charge is 0.385 e. The van der Waals surface area contributed by atoms with Gasteiger partial charge in [0.2, 0.25) is 0 Å². The molecule has 1 amide bonds. The average Bonchev–Trinajstić information content (AvgIpc) is 3.38. The first-order valence-electron chi connectivity index (χ1n) is 13.1. The summed E-state index contributed by atoms with van der Waals surface area (Å²) in [4.78, 5) is 22.0. The topological polar surface area (TPSA) is 79.6 Å². The minimum Gasteiger partial charge on any atom is -0.385 e. The fourth-order valence-corrected chi connectivity index (χ4v) is 6.71. The van der Waals surface area contributed by atoms with E-state index in [9.17, 15) is 9.90 Å². The Bertz CT molecular complexity index is 1180. The van der Waals surface area contributed by atoms with Gasteiger partial charge in [0, 0.05) is 43.0 Å². The van der Waals surface area contributed by atoms with Crippen molar-refractivity contribution in [3.8, 4) is 11.3 Å². The monoisotopic (exact) mass is 592 g/mol. The van der Waals surface area contributed by atoms with E-state index in [0.29, 0.717) is 18.7 Å². The minimum atomic E-state index is -0.999. The number of hydrogen-bond donors (Lipinski definition) is 2. The molecule has 2 heterocycles. The fraction of sp³-hybridized carbons (Fsp3) is 0.448. The third kappa shape index (κ3) is 6.99. The van der Waals surface area contributed by atoms with Gasteiger partial charge in [0.1, 0.15) is 5.60 Å². The zero-order valence-electron chi connectivity index (χ0n) is 22.2. The first-order valence-corrected chi connectivity index (χ1v) is 14.1. The Morgan fingerprint density at radius 1 is 1.13 bits per heavy atom. The summed E-state index contributed by atoms with van der Waals surface area (Å²) in [6.45, 7) is 2.40. The Kier molecular flexibility index (Phi) is 11.7. The number of benzene rings is 2. The van der Waals surface area contributed by atoms with Gasteiger partial charge in [-0.1, -0.05) is 61.4 Å². The van der Waals surface area contributed by atoms with Gasteiger partial charge in [-0.05, 0) is 25.0 Å². The van der Waals surface area contributed by atoms with Gasteiger partial charge in [-0.25, -0.2) is 4.98 Å². The van der Waals surface area contributed by atoms with Gasteiger partial charge in [-0.3, -0.25) is 4.79 Å². The fourth-order valence-electron chi connectivity index (χ4n) is 5.68. The lowest BCUT2D eigenvalue weighted by molar-refractivity contribution is -0.0893. The van der Waals surface area contributed by atoms with Crippen molar-refractivity contribution in [1.29, 1.82) is 0 Å². The van der Waals surface area contributed by atoms with E-state index >= 15 is 0 Å². The third-order valence-electron chi connectivity index (χ3n) is 7.53. The highest BCUT2D eigenvalue weighted by molar-refractivity contribution is 7.99. The van der Waals surface area contributed by atoms with Crippen molar-refractivity contribution < 1.29 is 14.6 Å². The highest BCUT2D eigenvalue weighted by Crippen LogP contribution is 2.41. The molecule has 2 N–H and O–H groups in total. The second-order valence-electron chi connectivity index (χ2n) is 9.99. The lowest BCUT2D eigenvalue weighted by atomic mass is 9.80. The van der Waals surface area contributed by atoms with Gasteiger partial charge in [0.25, 0.3) is 5.91 Å². The van der Waals surface area contributed by atoms with Gasteiger partial charge in [0.05, 0.1) is 30.7 Å². The molecule has 1 aromatic heterocycles. The third-order valence-corrected chi connectivity index (χ3v) is 8.68. The summed E-state index contributed by atoms with van der Waals surface area (Å²) in [5.74, 6) is 0.754. The van der Waals surface area contributed by atoms with Gasteiger partial charge < -0.3 is 24.6 Å². The number of hydrogen-bond acceptors (Lipinski definition) is 6. The number of carbonyl (C=O) groups is 1. The number of aliphatic hydroxyl groups is 1. The molecule has 0 spiro atoms. The Hall–Kier alpha value is -2.07. The molecule has 2 aromatic carbocycles. The van der Waals surface area contributed by atoms with Gasteiger partial charge in [0.15, 0.2) is 5.69 Å². The van der Waals surface area contributed by atoms with E-state index in [1.165, 1.54) is 4.90 Å². The van der Waals surface area contributed by atoms with Crippen LogP contribution in [0.15, 0.2) is 71.9 Å². The van der Waals surface area contributed by atoms with E-state index in [-0.39, 0.29) is 49.4 Å². The predicted octanol–water partition coefficient (Wildman–Crippen LogP) is 5.09. The summed E-state index contributed by atoms with van der Waals surface area (Å²) in [5, 5.41) is 15.0. The molecule has 1 saturated carbocycles. The number of aromatic nitrogens is 2. The maximum Gasteiger partial charge on any atom is 0.275 e. The van der Waals surface area contributed by atoms with Crippen LogP contribution in [0.2, 0.25) is 0 Å². The standard InChI is InChI=1S/C29H36N4O3S.2ClH/c1-36-20-29(35)15-9-8-14-25(29)33-21-31-26(27(33)22-10-4-2-5-11-22)28(34)32-17-16-30-18-23(32)19-37-24-12-6-3-7-13-24;;/h2-7,10-13,21,23,25,30,35H,8-9,14-20H2,1H3;2*1H/t23-,25+,29+;;/m0../s1. The van der Waals surface area contributed by atoms with Crippen LogP contribution in [0.3, 0.4) is 0 Å². The zero-order chi connectivity index (χ0) is 25.7. The molecule has 0 radical (unpaired) electrons. The summed E-state index contributed by atoms with van der Waals surface area (Å²) in [6.07, 6.45) is 5.20. The van der Waals surface area contributed by atoms with Crippen molar-refractivity contribution in [2.45, 2.75) is 48.3 Å². The Morgan fingerprint density at radius 3 is 2.56 bits per heavy atom. The summed E-state index contributed by atoms with van der Waals surface area (Å²) >= 11 is 1.77. The average molecular weight is 594 g/mol. The number of ether oxygens (including phenoxy) is 1. The second-order valence-corrected chi connectivity index (χ2v) is 11.1. The van der Waals surface area contributed by atoms with E-state index in [4.69, 9.17) is 9.72 Å². The smallest absolute Gasteiger partial charge is 0.275 e. The first kappa shape index (κ1) is 31.5. The molecule has 2 aliphatic rings. The lowest BCUT2D eigenvalue weighted by Crippen LogP contribution is -2.54. The normalized spacial score (nSPS) is 23.0. The molecule has 0 unspecified atom stereocenters. The van der Waals surface area contributed by atoms with Gasteiger partial charge in [-0.2, -0.15) is 0 Å². The van der Waals surface area contributed by atoms with Crippen LogP contribution in [0.4, 0.5) is 0 Å². The molecule has 39 heavy (non-hydrogen) atoms. The van der Waals surface area contributed by atoms with E-state index in [1.54, 1.807) is 25.2 Å². The van der Waals surface area contributed by atoms with Gasteiger partial charge in [-0.15, -0.1) is 36.6 Å². The first-order chi connectivity index (χ1) is 18.1. The number of piperazine rings is 1. The molecule has 1 aliphatic heterocycles. The molecule has 2 fully saturated rings. The van der Waals surface area contributed by atoms with Crippen LogP contribution in [-0.2, 0) is 4.74 Å². The van der Waals surface area contributed by atoms with E-state index in [0.717, 1.165) is 49.4 Å². The minimum absolute atomic E-state index is 0. The number of carbonyl (C=O) groups excluding carboxylic acids is 1. The highest BCUT2D eigenvalue weighted by atomic mass is 35.5. The van der Waals surface area contributed by atoms with E-state index < -0.39 is 5.60 Å². The van der Waals surface area contributed by atoms with Crippen molar-refractivity contribution >= 4 is 42.5 Å². The molecule has 5 rings (SSSR count). The summed E-state index contributed by atoms with van der Waals surface area (Å²) in [6, 6.07) is 20.1. The molecular weight excluding hydrogens is 555 g/mol. The maximum absolute atomic E-state index is 14.1. The van der Waals surface area contributed by atoms with Crippen molar-refractivity contribution in [1.82, 2.24) is 19.8 Å². The number of imidazole rings is 1. The molecular formula is C29H38Cl2N4O3S. The number of nitrogens with zero attached hydrogens (tertiary/aromatic N) is 3. The maximum atomic E-state index is 14.1. The van der Waals surface area contributed by atoms with Crippen molar-refractivity contribution in [2.75, 3.05) is 39.1 Å². The summed E-state index contributed by atoms with van der Waals surface area (Å²) in [5.41, 5.74) is 1.16. The van der Waals surface area contributed by atoms with E-state index in [2.05, 4.69) is 17.4 Å².